The molecule has 4 aromatic rings. The van der Waals surface area contributed by atoms with Crippen LogP contribution in [0.1, 0.15) is 34.5 Å². The Balaban J connectivity index is 1.57. The fourth-order valence-electron chi connectivity index (χ4n) is 3.79. The van der Waals surface area contributed by atoms with Crippen LogP contribution in [0.5, 0.6) is 0 Å². The van der Waals surface area contributed by atoms with Crippen LogP contribution in [0.25, 0.3) is 21.2 Å². The molecular weight excluding hydrogens is 384 g/mol. The number of amides is 1. The molecule has 1 aliphatic heterocycles. The second kappa shape index (κ2) is 7.28. The van der Waals surface area contributed by atoms with E-state index in [1.165, 1.54) is 16.9 Å². The summed E-state index contributed by atoms with van der Waals surface area (Å²) in [4.78, 5) is 20.0. The molecule has 2 aromatic heterocycles. The number of nitrogens with zero attached hydrogens (tertiary/aromatic N) is 2. The largest absolute Gasteiger partial charge is 0.451 e. The lowest BCUT2D eigenvalue weighted by Crippen LogP contribution is -2.37. The molecule has 5 nitrogen and oxygen atoms in total. The summed E-state index contributed by atoms with van der Waals surface area (Å²) < 4.78 is 12.8. The van der Waals surface area contributed by atoms with Gasteiger partial charge in [0.15, 0.2) is 10.9 Å². The lowest BCUT2D eigenvalue weighted by atomic mass is 10.1. The third-order valence-corrected chi connectivity index (χ3v) is 6.64. The van der Waals surface area contributed by atoms with Crippen LogP contribution in [0.3, 0.4) is 0 Å². The molecule has 1 amide bonds. The van der Waals surface area contributed by atoms with Crippen molar-refractivity contribution in [1.29, 1.82) is 0 Å². The van der Waals surface area contributed by atoms with Crippen molar-refractivity contribution in [1.82, 2.24) is 4.98 Å². The van der Waals surface area contributed by atoms with Crippen molar-refractivity contribution in [3.05, 3.63) is 59.4 Å². The summed E-state index contributed by atoms with van der Waals surface area (Å²) in [6, 6.07) is 13.7. The molecule has 1 atom stereocenters. The number of ether oxygens (including phenoxy) is 1. The van der Waals surface area contributed by atoms with Crippen LogP contribution in [0, 0.1) is 13.8 Å². The average Bonchev–Trinajstić information content (AvgIpc) is 3.47. The maximum absolute atomic E-state index is 13.5. The summed E-state index contributed by atoms with van der Waals surface area (Å²) in [5.74, 6) is 0.154. The van der Waals surface area contributed by atoms with Gasteiger partial charge in [-0.3, -0.25) is 9.69 Å². The van der Waals surface area contributed by atoms with Crippen molar-refractivity contribution in [2.45, 2.75) is 32.8 Å². The zero-order chi connectivity index (χ0) is 20.0. The fourth-order valence-corrected chi connectivity index (χ4v) is 4.82. The van der Waals surface area contributed by atoms with E-state index in [1.807, 2.05) is 30.3 Å². The van der Waals surface area contributed by atoms with Gasteiger partial charge in [-0.05, 0) is 56.0 Å². The van der Waals surface area contributed by atoms with E-state index in [-0.39, 0.29) is 12.0 Å². The first-order valence-electron chi connectivity index (χ1n) is 9.89. The minimum absolute atomic E-state index is 0.0261. The van der Waals surface area contributed by atoms with Crippen molar-refractivity contribution >= 4 is 43.6 Å². The third-order valence-electron chi connectivity index (χ3n) is 5.60. The Hall–Kier alpha value is -2.70. The number of hydrogen-bond acceptors (Lipinski definition) is 5. The van der Waals surface area contributed by atoms with Crippen molar-refractivity contribution in [2.24, 2.45) is 0 Å². The molecule has 2 aromatic carbocycles. The molecule has 1 saturated heterocycles. The van der Waals surface area contributed by atoms with E-state index in [0.717, 1.165) is 40.6 Å². The Labute approximate surface area is 172 Å². The van der Waals surface area contributed by atoms with Gasteiger partial charge in [0.25, 0.3) is 5.91 Å². The quantitative estimate of drug-likeness (QED) is 0.450. The van der Waals surface area contributed by atoms with Crippen LogP contribution in [-0.2, 0) is 4.74 Å². The standard InChI is InChI=1S/C23H22N2O3S/c1-14-9-10-20-21(15(14)2)24-23(29-20)25(13-17-7-5-11-27-17)22(26)19-12-16-6-3-4-8-18(16)28-19/h3-4,6,8-10,12,17H,5,7,11,13H2,1-2H3. The number of aryl methyl sites for hydroxylation is 2. The molecular formula is C23H22N2O3S. The average molecular weight is 407 g/mol. The predicted molar refractivity (Wildman–Crippen MR) is 116 cm³/mol. The molecule has 1 aliphatic rings. The smallest absolute Gasteiger partial charge is 0.295 e. The monoisotopic (exact) mass is 406 g/mol. The lowest BCUT2D eigenvalue weighted by molar-refractivity contribution is 0.0896. The van der Waals surface area contributed by atoms with E-state index in [4.69, 9.17) is 14.1 Å². The number of fused-ring (bicyclic) bond motifs is 2. The Morgan fingerprint density at radius 3 is 2.90 bits per heavy atom. The Bertz CT molecular complexity index is 1170. The number of anilines is 1. The maximum atomic E-state index is 13.5. The first-order valence-corrected chi connectivity index (χ1v) is 10.7. The van der Waals surface area contributed by atoms with Gasteiger partial charge in [-0.2, -0.15) is 0 Å². The summed E-state index contributed by atoms with van der Waals surface area (Å²) in [6.45, 7) is 5.38. The van der Waals surface area contributed by atoms with E-state index in [9.17, 15) is 4.79 Å². The topological polar surface area (TPSA) is 55.6 Å². The van der Waals surface area contributed by atoms with E-state index in [0.29, 0.717) is 23.0 Å². The number of hydrogen-bond donors (Lipinski definition) is 0. The van der Waals surface area contributed by atoms with E-state index in [2.05, 4.69) is 26.0 Å². The first-order chi connectivity index (χ1) is 14.1. The van der Waals surface area contributed by atoms with Crippen LogP contribution in [-0.4, -0.2) is 30.1 Å². The van der Waals surface area contributed by atoms with Crippen molar-refractivity contribution in [3.63, 3.8) is 0 Å². The summed E-state index contributed by atoms with van der Waals surface area (Å²) in [5.41, 5.74) is 4.02. The molecule has 1 fully saturated rings. The summed E-state index contributed by atoms with van der Waals surface area (Å²) >= 11 is 1.54. The highest BCUT2D eigenvalue weighted by atomic mass is 32.1. The van der Waals surface area contributed by atoms with Crippen LogP contribution in [0.4, 0.5) is 5.13 Å². The zero-order valence-corrected chi connectivity index (χ0v) is 17.3. The van der Waals surface area contributed by atoms with Crippen LogP contribution in [0.2, 0.25) is 0 Å². The number of carbonyl (C=O) groups is 1. The van der Waals surface area contributed by atoms with Crippen LogP contribution in [0.15, 0.2) is 46.9 Å². The highest BCUT2D eigenvalue weighted by Gasteiger charge is 2.29. The molecule has 5 rings (SSSR count). The first kappa shape index (κ1) is 18.3. The van der Waals surface area contributed by atoms with Crippen molar-refractivity contribution in [2.75, 3.05) is 18.1 Å². The third kappa shape index (κ3) is 3.32. The Morgan fingerprint density at radius 1 is 1.24 bits per heavy atom. The highest BCUT2D eigenvalue weighted by Crippen LogP contribution is 2.34. The molecule has 3 heterocycles. The van der Waals surface area contributed by atoms with Crippen LogP contribution >= 0.6 is 11.3 Å². The molecule has 0 bridgehead atoms. The molecule has 0 spiro atoms. The number of rotatable bonds is 4. The molecule has 0 radical (unpaired) electrons. The summed E-state index contributed by atoms with van der Waals surface area (Å²) in [5, 5.41) is 1.61. The SMILES string of the molecule is Cc1ccc2sc(N(CC3CCCO3)C(=O)c3cc4ccccc4o3)nc2c1C. The van der Waals surface area contributed by atoms with Crippen molar-refractivity contribution in [3.8, 4) is 0 Å². The van der Waals surface area contributed by atoms with Gasteiger partial charge in [-0.15, -0.1) is 0 Å². The number of thiazole rings is 1. The van der Waals surface area contributed by atoms with Gasteiger partial charge in [0.1, 0.15) is 5.58 Å². The number of benzene rings is 2. The molecule has 148 valence electrons. The van der Waals surface area contributed by atoms with Gasteiger partial charge in [0, 0.05) is 12.0 Å². The molecule has 0 N–H and O–H groups in total. The molecule has 29 heavy (non-hydrogen) atoms. The maximum Gasteiger partial charge on any atom is 0.295 e. The predicted octanol–water partition coefficient (Wildman–Crippen LogP) is 5.49. The minimum Gasteiger partial charge on any atom is -0.451 e. The van der Waals surface area contributed by atoms with Gasteiger partial charge in [-0.25, -0.2) is 4.98 Å². The lowest BCUT2D eigenvalue weighted by Gasteiger charge is -2.22. The van der Waals surface area contributed by atoms with Gasteiger partial charge >= 0.3 is 0 Å². The number of para-hydroxylation sites is 1. The van der Waals surface area contributed by atoms with Crippen LogP contribution < -0.4 is 4.90 Å². The Morgan fingerprint density at radius 2 is 2.10 bits per heavy atom. The second-order valence-electron chi connectivity index (χ2n) is 7.55. The molecule has 0 aliphatic carbocycles. The highest BCUT2D eigenvalue weighted by molar-refractivity contribution is 7.22. The summed E-state index contributed by atoms with van der Waals surface area (Å²) in [7, 11) is 0. The van der Waals surface area contributed by atoms with Crippen molar-refractivity contribution < 1.29 is 13.9 Å². The molecule has 6 heteroatoms. The van der Waals surface area contributed by atoms with E-state index in [1.54, 1.807) is 4.90 Å². The van der Waals surface area contributed by atoms with Gasteiger partial charge in [-0.1, -0.05) is 35.6 Å². The number of furan rings is 1. The number of carbonyl (C=O) groups excluding carboxylic acids is 1. The molecule has 1 unspecified atom stereocenters. The van der Waals surface area contributed by atoms with Gasteiger partial charge in [0.05, 0.1) is 22.9 Å². The fraction of sp³-hybridized carbons (Fsp3) is 0.304. The second-order valence-corrected chi connectivity index (χ2v) is 8.56. The minimum atomic E-state index is -0.176. The number of aromatic nitrogens is 1. The summed E-state index contributed by atoms with van der Waals surface area (Å²) in [6.07, 6.45) is 2.00. The van der Waals surface area contributed by atoms with E-state index >= 15 is 0 Å². The zero-order valence-electron chi connectivity index (χ0n) is 16.5. The van der Waals surface area contributed by atoms with Gasteiger partial charge in [0.2, 0.25) is 0 Å². The Kier molecular flexibility index (Phi) is 4.60. The normalized spacial score (nSPS) is 16.7. The van der Waals surface area contributed by atoms with Gasteiger partial charge < -0.3 is 9.15 Å². The van der Waals surface area contributed by atoms with E-state index < -0.39 is 0 Å². The molecule has 0 saturated carbocycles.